The molecule has 2 heterocycles. The number of hydrogen-bond acceptors (Lipinski definition) is 6. The van der Waals surface area contributed by atoms with Crippen LogP contribution in [0, 0.1) is 0 Å². The number of aromatic nitrogens is 2. The summed E-state index contributed by atoms with van der Waals surface area (Å²) in [7, 11) is 3.43. The number of anilines is 2. The largest absolute Gasteiger partial charge is 0.490 e. The molecular formula is C13H22N4O2. The molecule has 1 aliphatic heterocycles. The van der Waals surface area contributed by atoms with Crippen molar-refractivity contribution in [1.29, 1.82) is 0 Å². The van der Waals surface area contributed by atoms with Gasteiger partial charge >= 0.3 is 0 Å². The summed E-state index contributed by atoms with van der Waals surface area (Å²) in [6, 6.07) is 0. The first-order valence-electron chi connectivity index (χ1n) is 6.61. The highest BCUT2D eigenvalue weighted by molar-refractivity contribution is 5.64. The van der Waals surface area contributed by atoms with Crippen molar-refractivity contribution in [2.45, 2.75) is 31.8 Å². The van der Waals surface area contributed by atoms with Crippen molar-refractivity contribution in [1.82, 2.24) is 9.97 Å². The van der Waals surface area contributed by atoms with E-state index in [-0.39, 0.29) is 0 Å². The fourth-order valence-corrected chi connectivity index (χ4v) is 2.43. The molecule has 0 radical (unpaired) electrons. The first-order chi connectivity index (χ1) is 9.07. The van der Waals surface area contributed by atoms with Crippen LogP contribution in [-0.2, 0) is 0 Å². The minimum Gasteiger partial charge on any atom is -0.490 e. The second-order valence-corrected chi connectivity index (χ2v) is 5.17. The van der Waals surface area contributed by atoms with Gasteiger partial charge in [0.05, 0.1) is 12.7 Å². The molecule has 6 nitrogen and oxygen atoms in total. The van der Waals surface area contributed by atoms with Gasteiger partial charge in [-0.25, -0.2) is 9.97 Å². The number of ether oxygens (including phenoxy) is 1. The summed E-state index contributed by atoms with van der Waals surface area (Å²) in [5, 5.41) is 13.1. The zero-order chi connectivity index (χ0) is 13.9. The molecule has 2 N–H and O–H groups in total. The summed E-state index contributed by atoms with van der Waals surface area (Å²) in [5.74, 6) is 2.13. The van der Waals surface area contributed by atoms with E-state index in [2.05, 4.69) is 20.2 Å². The quantitative estimate of drug-likeness (QED) is 0.858. The van der Waals surface area contributed by atoms with Gasteiger partial charge in [0.15, 0.2) is 11.6 Å². The zero-order valence-corrected chi connectivity index (χ0v) is 11.8. The van der Waals surface area contributed by atoms with Crippen molar-refractivity contribution in [3.05, 3.63) is 6.33 Å². The molecule has 0 aliphatic carbocycles. The van der Waals surface area contributed by atoms with Crippen LogP contribution in [0.1, 0.15) is 26.2 Å². The lowest BCUT2D eigenvalue weighted by Gasteiger charge is -2.25. The third kappa shape index (κ3) is 3.07. The Morgan fingerprint density at radius 3 is 2.84 bits per heavy atom. The third-order valence-corrected chi connectivity index (χ3v) is 3.59. The molecule has 1 saturated heterocycles. The molecule has 6 heteroatoms. The van der Waals surface area contributed by atoms with Crippen molar-refractivity contribution in [2.75, 3.05) is 37.5 Å². The molecule has 0 amide bonds. The lowest BCUT2D eigenvalue weighted by Crippen LogP contribution is -2.29. The van der Waals surface area contributed by atoms with E-state index in [4.69, 9.17) is 4.74 Å². The van der Waals surface area contributed by atoms with Crippen LogP contribution in [0.5, 0.6) is 5.75 Å². The summed E-state index contributed by atoms with van der Waals surface area (Å²) in [4.78, 5) is 10.6. The SMILES string of the molecule is CNc1ncnc(N2CCCC(C)(O)CC2)c1OC. The second-order valence-electron chi connectivity index (χ2n) is 5.17. The Morgan fingerprint density at radius 1 is 1.37 bits per heavy atom. The standard InChI is InChI=1S/C13H22N4O2/c1-13(18)5-4-7-17(8-6-13)12-10(19-3)11(14-2)15-9-16-12/h9,18H,4-8H2,1-3H3,(H,14,15,16). The van der Waals surface area contributed by atoms with Gasteiger partial charge < -0.3 is 20.1 Å². The Morgan fingerprint density at radius 2 is 2.16 bits per heavy atom. The van der Waals surface area contributed by atoms with Crippen LogP contribution in [0.2, 0.25) is 0 Å². The smallest absolute Gasteiger partial charge is 0.204 e. The van der Waals surface area contributed by atoms with Gasteiger partial charge in [-0.3, -0.25) is 0 Å². The topological polar surface area (TPSA) is 70.5 Å². The maximum absolute atomic E-state index is 10.1. The number of nitrogens with one attached hydrogen (secondary N) is 1. The second kappa shape index (κ2) is 5.61. The van der Waals surface area contributed by atoms with Gasteiger partial charge in [0.2, 0.25) is 5.75 Å². The van der Waals surface area contributed by atoms with Gasteiger partial charge in [0.25, 0.3) is 0 Å². The molecule has 1 unspecified atom stereocenters. The normalized spacial score (nSPS) is 23.9. The lowest BCUT2D eigenvalue weighted by atomic mass is 9.98. The van der Waals surface area contributed by atoms with E-state index < -0.39 is 5.60 Å². The molecule has 0 spiro atoms. The molecule has 1 aromatic rings. The molecule has 1 aliphatic rings. The predicted octanol–water partition coefficient (Wildman–Crippen LogP) is 1.27. The average Bonchev–Trinajstić information content (AvgIpc) is 2.58. The Labute approximate surface area is 113 Å². The first kappa shape index (κ1) is 13.9. The maximum atomic E-state index is 10.1. The molecule has 1 aromatic heterocycles. The van der Waals surface area contributed by atoms with E-state index in [1.807, 2.05) is 14.0 Å². The Bertz CT molecular complexity index is 437. The minimum absolute atomic E-state index is 0.582. The fourth-order valence-electron chi connectivity index (χ4n) is 2.43. The molecule has 0 saturated carbocycles. The van der Waals surface area contributed by atoms with Crippen LogP contribution >= 0.6 is 0 Å². The highest BCUT2D eigenvalue weighted by Gasteiger charge is 2.27. The predicted molar refractivity (Wildman–Crippen MR) is 74.8 cm³/mol. The Balaban J connectivity index is 2.26. The van der Waals surface area contributed by atoms with Crippen molar-refractivity contribution in [3.8, 4) is 5.75 Å². The van der Waals surface area contributed by atoms with Gasteiger partial charge in [-0.15, -0.1) is 0 Å². The van der Waals surface area contributed by atoms with Crippen LogP contribution in [0.25, 0.3) is 0 Å². The molecule has 19 heavy (non-hydrogen) atoms. The summed E-state index contributed by atoms with van der Waals surface area (Å²) < 4.78 is 5.42. The molecule has 0 aromatic carbocycles. The molecular weight excluding hydrogens is 244 g/mol. The number of hydrogen-bond donors (Lipinski definition) is 2. The Kier molecular flexibility index (Phi) is 4.09. The highest BCUT2D eigenvalue weighted by atomic mass is 16.5. The molecule has 2 rings (SSSR count). The van der Waals surface area contributed by atoms with Crippen molar-refractivity contribution in [3.63, 3.8) is 0 Å². The molecule has 0 bridgehead atoms. The van der Waals surface area contributed by atoms with Gasteiger partial charge in [0, 0.05) is 20.1 Å². The average molecular weight is 266 g/mol. The van der Waals surface area contributed by atoms with Gasteiger partial charge in [0.1, 0.15) is 6.33 Å². The number of rotatable bonds is 3. The lowest BCUT2D eigenvalue weighted by molar-refractivity contribution is 0.0481. The molecule has 1 fully saturated rings. The van der Waals surface area contributed by atoms with E-state index in [0.29, 0.717) is 11.6 Å². The van der Waals surface area contributed by atoms with Gasteiger partial charge in [-0.2, -0.15) is 0 Å². The van der Waals surface area contributed by atoms with Crippen LogP contribution in [0.4, 0.5) is 11.6 Å². The third-order valence-electron chi connectivity index (χ3n) is 3.59. The van der Waals surface area contributed by atoms with Gasteiger partial charge in [-0.05, 0) is 26.2 Å². The van der Waals surface area contributed by atoms with Crippen LogP contribution in [-0.4, -0.2) is 47.9 Å². The number of methoxy groups -OCH3 is 1. The summed E-state index contributed by atoms with van der Waals surface area (Å²) in [6.07, 6.45) is 4.02. The van der Waals surface area contributed by atoms with Crippen molar-refractivity contribution < 1.29 is 9.84 Å². The highest BCUT2D eigenvalue weighted by Crippen LogP contribution is 2.33. The van der Waals surface area contributed by atoms with E-state index >= 15 is 0 Å². The van der Waals surface area contributed by atoms with Crippen molar-refractivity contribution >= 4 is 11.6 Å². The van der Waals surface area contributed by atoms with Crippen LogP contribution < -0.4 is 15.0 Å². The Hall–Kier alpha value is -1.56. The minimum atomic E-state index is -0.582. The van der Waals surface area contributed by atoms with E-state index in [1.165, 1.54) is 6.33 Å². The van der Waals surface area contributed by atoms with E-state index in [9.17, 15) is 5.11 Å². The van der Waals surface area contributed by atoms with E-state index in [0.717, 1.165) is 38.2 Å². The monoisotopic (exact) mass is 266 g/mol. The number of nitrogens with zero attached hydrogens (tertiary/aromatic N) is 3. The summed E-state index contributed by atoms with van der Waals surface area (Å²) in [6.45, 7) is 3.53. The van der Waals surface area contributed by atoms with Crippen LogP contribution in [0.3, 0.4) is 0 Å². The zero-order valence-electron chi connectivity index (χ0n) is 11.8. The van der Waals surface area contributed by atoms with Crippen LogP contribution in [0.15, 0.2) is 6.33 Å². The first-order valence-corrected chi connectivity index (χ1v) is 6.61. The molecule has 1 atom stereocenters. The van der Waals surface area contributed by atoms with Crippen molar-refractivity contribution in [2.24, 2.45) is 0 Å². The molecule has 106 valence electrons. The summed E-state index contributed by atoms with van der Waals surface area (Å²) >= 11 is 0. The maximum Gasteiger partial charge on any atom is 0.204 e. The van der Waals surface area contributed by atoms with Gasteiger partial charge in [-0.1, -0.05) is 0 Å². The summed E-state index contributed by atoms with van der Waals surface area (Å²) in [5.41, 5.74) is -0.582. The fraction of sp³-hybridized carbons (Fsp3) is 0.692. The van der Waals surface area contributed by atoms with E-state index in [1.54, 1.807) is 7.11 Å². The number of aliphatic hydroxyl groups is 1.